The Morgan fingerprint density at radius 3 is 2.25 bits per heavy atom. The largest absolute Gasteiger partial charge is 1.00 e. The number of carbonyl (C=O) groups is 1. The molecule has 88 valence electrons. The first-order valence-electron chi connectivity index (χ1n) is 4.62. The first kappa shape index (κ1) is 16.5. The van der Waals surface area contributed by atoms with Crippen LogP contribution in [0.25, 0.3) is 0 Å². The third-order valence-corrected chi connectivity index (χ3v) is 2.77. The van der Waals surface area contributed by atoms with Crippen LogP contribution < -0.4 is 29.6 Å². The second kappa shape index (κ2) is 5.93. The molecule has 0 bridgehead atoms. The summed E-state index contributed by atoms with van der Waals surface area (Å²) in [5, 5.41) is 0. The molecular weight excluding hydrogens is 243 g/mol. The summed E-state index contributed by atoms with van der Waals surface area (Å²) in [4.78, 5) is 11.7. The number of carbonyl (C=O) groups excluding carboxylic acids is 1. The molecule has 1 unspecified atom stereocenters. The van der Waals surface area contributed by atoms with Crippen LogP contribution in [0.1, 0.15) is 20.8 Å². The molecule has 16 heavy (non-hydrogen) atoms. The molecule has 0 spiro atoms. The fourth-order valence-electron chi connectivity index (χ4n) is 1.22. The first-order valence-corrected chi connectivity index (χ1v) is 5.87. The average molecular weight is 258 g/mol. The summed E-state index contributed by atoms with van der Waals surface area (Å²) in [6.45, 7) is 5.47. The van der Waals surface area contributed by atoms with Gasteiger partial charge in [0.05, 0.1) is 13.2 Å². The Labute approximate surface area is 120 Å². The second-order valence-electron chi connectivity index (χ2n) is 4.72. The van der Waals surface area contributed by atoms with Crippen LogP contribution in [0.15, 0.2) is 0 Å². The van der Waals surface area contributed by atoms with Gasteiger partial charge in [-0.3, -0.25) is 9.00 Å². The van der Waals surface area contributed by atoms with Gasteiger partial charge in [-0.1, -0.05) is 11.1 Å². The van der Waals surface area contributed by atoms with E-state index in [1.807, 2.05) is 0 Å². The summed E-state index contributed by atoms with van der Waals surface area (Å²) in [5.41, 5.74) is -1.59. The van der Waals surface area contributed by atoms with Crippen LogP contribution in [0.5, 0.6) is 0 Å². The van der Waals surface area contributed by atoms with E-state index in [9.17, 15) is 13.6 Å². The topological polar surface area (TPSA) is 75.7 Å². The molecule has 1 heterocycles. The molecule has 1 aliphatic rings. The Hall–Kier alpha value is 0.540. The first-order chi connectivity index (χ1) is 6.75. The fourth-order valence-corrected chi connectivity index (χ4v) is 1.96. The van der Waals surface area contributed by atoms with E-state index in [-0.39, 0.29) is 48.5 Å². The Kier molecular flexibility index (Phi) is 6.13. The zero-order chi connectivity index (χ0) is 11.7. The molecule has 7 heteroatoms. The van der Waals surface area contributed by atoms with E-state index in [0.29, 0.717) is 0 Å². The predicted octanol–water partition coefficient (Wildman–Crippen LogP) is -2.77. The van der Waals surface area contributed by atoms with Gasteiger partial charge in [-0.05, 0) is 20.8 Å². The van der Waals surface area contributed by atoms with Crippen molar-refractivity contribution in [3.8, 4) is 0 Å². The third kappa shape index (κ3) is 4.43. The van der Waals surface area contributed by atoms with Crippen LogP contribution in [-0.2, 0) is 25.3 Å². The van der Waals surface area contributed by atoms with Crippen molar-refractivity contribution in [3.05, 3.63) is 0 Å². The van der Waals surface area contributed by atoms with Gasteiger partial charge in [0.2, 0.25) is 0 Å². The number of ether oxygens (including phenoxy) is 2. The van der Waals surface area contributed by atoms with Crippen LogP contribution >= 0.6 is 0 Å². The van der Waals surface area contributed by atoms with Crippen molar-refractivity contribution in [2.75, 3.05) is 19.0 Å². The van der Waals surface area contributed by atoms with Gasteiger partial charge in [0.1, 0.15) is 11.0 Å². The molecule has 1 atom stereocenters. The number of hydrogen-bond donors (Lipinski definition) is 0. The van der Waals surface area contributed by atoms with E-state index < -0.39 is 28.1 Å². The van der Waals surface area contributed by atoms with Crippen LogP contribution in [0, 0.1) is 5.41 Å². The molecule has 0 N–H and O–H groups in total. The van der Waals surface area contributed by atoms with Crippen molar-refractivity contribution in [2.45, 2.75) is 26.4 Å². The monoisotopic (exact) mass is 258 g/mol. The SMILES string of the molecule is CC(C)(C)OC(=O)C1(CS(=O)[O-])COC1.[Na+]. The summed E-state index contributed by atoms with van der Waals surface area (Å²) in [6.07, 6.45) is 0. The smallest absolute Gasteiger partial charge is 0.772 e. The molecule has 0 aromatic rings. The minimum Gasteiger partial charge on any atom is -0.772 e. The molecule has 1 rings (SSSR count). The Balaban J connectivity index is 0.00000225. The quantitative estimate of drug-likeness (QED) is 0.311. The van der Waals surface area contributed by atoms with Gasteiger partial charge in [0, 0.05) is 5.75 Å². The summed E-state index contributed by atoms with van der Waals surface area (Å²) in [6, 6.07) is 0. The Bertz CT molecular complexity index is 282. The maximum atomic E-state index is 11.7. The molecule has 1 fully saturated rings. The van der Waals surface area contributed by atoms with E-state index in [1.165, 1.54) is 0 Å². The summed E-state index contributed by atoms with van der Waals surface area (Å²) < 4.78 is 31.3. The van der Waals surface area contributed by atoms with Gasteiger partial charge < -0.3 is 14.0 Å². The second-order valence-corrected chi connectivity index (χ2v) is 5.62. The molecule has 0 aromatic carbocycles. The van der Waals surface area contributed by atoms with Crippen molar-refractivity contribution in [1.29, 1.82) is 0 Å². The minimum absolute atomic E-state index is 0. The van der Waals surface area contributed by atoms with Crippen molar-refractivity contribution in [1.82, 2.24) is 0 Å². The third-order valence-electron chi connectivity index (χ3n) is 1.98. The van der Waals surface area contributed by atoms with Gasteiger partial charge in [0.25, 0.3) is 0 Å². The summed E-state index contributed by atoms with van der Waals surface area (Å²) in [5.74, 6) is -0.729. The van der Waals surface area contributed by atoms with E-state index in [2.05, 4.69) is 0 Å². The molecule has 0 aromatic heterocycles. The standard InChI is InChI=1S/C9H16O5S.Na/c1-8(2,3)14-7(10)9(4-13-5-9)6-15(11)12;/h4-6H2,1-3H3,(H,11,12);/q;+1/p-1. The number of rotatable bonds is 3. The number of hydrogen-bond acceptors (Lipinski definition) is 5. The minimum atomic E-state index is -2.26. The normalized spacial score (nSPS) is 20.2. The Morgan fingerprint density at radius 2 is 2.00 bits per heavy atom. The predicted molar refractivity (Wildman–Crippen MR) is 52.9 cm³/mol. The average Bonchev–Trinajstić information content (AvgIpc) is 1.92. The van der Waals surface area contributed by atoms with Crippen LogP contribution in [0.4, 0.5) is 0 Å². The molecule has 0 aliphatic carbocycles. The van der Waals surface area contributed by atoms with Crippen molar-refractivity contribution >= 4 is 17.0 Å². The zero-order valence-electron chi connectivity index (χ0n) is 10.1. The summed E-state index contributed by atoms with van der Waals surface area (Å²) >= 11 is -2.26. The summed E-state index contributed by atoms with van der Waals surface area (Å²) in [7, 11) is 0. The van der Waals surface area contributed by atoms with E-state index in [4.69, 9.17) is 9.47 Å². The molecule has 5 nitrogen and oxygen atoms in total. The van der Waals surface area contributed by atoms with Crippen molar-refractivity contribution < 1.29 is 52.6 Å². The Morgan fingerprint density at radius 1 is 1.50 bits per heavy atom. The van der Waals surface area contributed by atoms with E-state index in [1.54, 1.807) is 20.8 Å². The molecule has 0 amide bonds. The molecule has 0 saturated carbocycles. The number of esters is 1. The van der Waals surface area contributed by atoms with Gasteiger partial charge in [-0.15, -0.1) is 0 Å². The molecule has 0 radical (unpaired) electrons. The van der Waals surface area contributed by atoms with Gasteiger partial charge in [-0.2, -0.15) is 0 Å². The van der Waals surface area contributed by atoms with Crippen LogP contribution in [0.3, 0.4) is 0 Å². The van der Waals surface area contributed by atoms with E-state index in [0.717, 1.165) is 0 Å². The van der Waals surface area contributed by atoms with Crippen LogP contribution in [-0.4, -0.2) is 39.3 Å². The molecule has 1 aliphatic heterocycles. The van der Waals surface area contributed by atoms with Crippen LogP contribution in [0.2, 0.25) is 0 Å². The maximum Gasteiger partial charge on any atom is 1.00 e. The molecule has 1 saturated heterocycles. The molecular formula is C9H15NaO5S. The zero-order valence-corrected chi connectivity index (χ0v) is 12.9. The van der Waals surface area contributed by atoms with Gasteiger partial charge in [0.15, 0.2) is 0 Å². The van der Waals surface area contributed by atoms with Crippen molar-refractivity contribution in [2.24, 2.45) is 5.41 Å². The van der Waals surface area contributed by atoms with Gasteiger partial charge >= 0.3 is 35.5 Å². The van der Waals surface area contributed by atoms with Crippen molar-refractivity contribution in [3.63, 3.8) is 0 Å². The fraction of sp³-hybridized carbons (Fsp3) is 0.889. The maximum absolute atomic E-state index is 11.7. The van der Waals surface area contributed by atoms with Gasteiger partial charge in [-0.25, -0.2) is 0 Å². The van der Waals surface area contributed by atoms with E-state index >= 15 is 0 Å².